The Labute approximate surface area is 172 Å². The Kier molecular flexibility index (Phi) is 5.38. The molecule has 6 N–H and O–H groups in total. The molecule has 1 unspecified atom stereocenters. The third-order valence-corrected chi connectivity index (χ3v) is 4.75. The largest absolute Gasteiger partial charge is 0.383 e. The average Bonchev–Trinajstić information content (AvgIpc) is 2.74. The van der Waals surface area contributed by atoms with Gasteiger partial charge in [-0.2, -0.15) is 0 Å². The van der Waals surface area contributed by atoms with Crippen LogP contribution in [0.2, 0.25) is 5.02 Å². The minimum absolute atomic E-state index is 0.184. The van der Waals surface area contributed by atoms with Gasteiger partial charge in [0.1, 0.15) is 11.7 Å². The molecule has 29 heavy (non-hydrogen) atoms. The quantitative estimate of drug-likeness (QED) is 0.549. The fraction of sp³-hybridized carbons (Fsp3) is 0.278. The highest BCUT2D eigenvalue weighted by Crippen LogP contribution is 2.28. The molecular formula is C18H21ClN10. The van der Waals surface area contributed by atoms with Crippen molar-refractivity contribution in [1.29, 1.82) is 0 Å². The van der Waals surface area contributed by atoms with Gasteiger partial charge in [-0.1, -0.05) is 23.7 Å². The lowest BCUT2D eigenvalue weighted by Gasteiger charge is -2.39. The predicted octanol–water partition coefficient (Wildman–Crippen LogP) is 1.02. The number of piperazine rings is 1. The van der Waals surface area contributed by atoms with Crippen LogP contribution >= 0.6 is 11.6 Å². The van der Waals surface area contributed by atoms with Gasteiger partial charge in [0.05, 0.1) is 5.57 Å². The van der Waals surface area contributed by atoms with E-state index in [1.165, 1.54) is 0 Å². The molecule has 2 aromatic rings. The molecule has 0 aliphatic carbocycles. The number of amidine groups is 1. The maximum Gasteiger partial charge on any atom is 0.305 e. The molecule has 0 bridgehead atoms. The summed E-state index contributed by atoms with van der Waals surface area (Å²) in [6.07, 6.45) is 3.14. The number of hydrogen-bond acceptors (Lipinski definition) is 10. The molecule has 4 rings (SSSR count). The molecule has 3 heterocycles. The standard InChI is InChI=1S/C18H21ClN10/c19-13-4-2-12(3-5-13)14-15(20)25-18(21,28-27-17-23-6-1-7-24-17)26-16(14)29-10-8-22-9-11-29/h1-7,22,26H,8-11,21H2,(H2,20,25). The number of nitrogens with one attached hydrogen (secondary N) is 2. The zero-order valence-corrected chi connectivity index (χ0v) is 16.3. The van der Waals surface area contributed by atoms with Gasteiger partial charge >= 0.3 is 5.91 Å². The number of aromatic nitrogens is 2. The Morgan fingerprint density at radius 3 is 2.48 bits per heavy atom. The van der Waals surface area contributed by atoms with Crippen LogP contribution in [-0.4, -0.2) is 52.8 Å². The molecule has 2 aliphatic rings. The summed E-state index contributed by atoms with van der Waals surface area (Å²) in [6.45, 7) is 3.24. The van der Waals surface area contributed by atoms with Crippen LogP contribution in [0.25, 0.3) is 5.57 Å². The second kappa shape index (κ2) is 8.11. The summed E-state index contributed by atoms with van der Waals surface area (Å²) in [5.41, 5.74) is 14.3. The highest BCUT2D eigenvalue weighted by Gasteiger charge is 2.35. The van der Waals surface area contributed by atoms with Crippen LogP contribution in [0.4, 0.5) is 5.95 Å². The van der Waals surface area contributed by atoms with Crippen molar-refractivity contribution in [1.82, 2.24) is 25.5 Å². The van der Waals surface area contributed by atoms with Crippen molar-refractivity contribution in [2.45, 2.75) is 5.91 Å². The molecule has 0 radical (unpaired) electrons. The molecular weight excluding hydrogens is 392 g/mol. The summed E-state index contributed by atoms with van der Waals surface area (Å²) in [7, 11) is 0. The van der Waals surface area contributed by atoms with Crippen LogP contribution in [0.15, 0.2) is 63.8 Å². The van der Waals surface area contributed by atoms with E-state index in [2.05, 4.69) is 40.7 Å². The van der Waals surface area contributed by atoms with E-state index in [1.807, 2.05) is 24.3 Å². The highest BCUT2D eigenvalue weighted by molar-refractivity contribution is 6.30. The Balaban J connectivity index is 1.72. The SMILES string of the molecule is NC1=NC(N)(N=Nc2ncccn2)NC(N2CCNCC2)=C1c1ccc(Cl)cc1. The van der Waals surface area contributed by atoms with Gasteiger partial charge in [-0.25, -0.2) is 15.0 Å². The van der Waals surface area contributed by atoms with E-state index in [-0.39, 0.29) is 11.8 Å². The number of rotatable bonds is 4. The summed E-state index contributed by atoms with van der Waals surface area (Å²) in [5.74, 6) is -0.379. The summed E-state index contributed by atoms with van der Waals surface area (Å²) >= 11 is 6.05. The van der Waals surface area contributed by atoms with Gasteiger partial charge in [-0.3, -0.25) is 5.73 Å². The minimum atomic E-state index is -1.57. The Hall–Kier alpha value is -3.08. The van der Waals surface area contributed by atoms with Crippen molar-refractivity contribution in [2.75, 3.05) is 26.2 Å². The second-order valence-electron chi connectivity index (χ2n) is 6.56. The van der Waals surface area contributed by atoms with Crippen molar-refractivity contribution in [3.8, 4) is 0 Å². The smallest absolute Gasteiger partial charge is 0.305 e. The number of hydrogen-bond donors (Lipinski definition) is 4. The Bertz CT molecular complexity index is 950. The molecule has 0 saturated carbocycles. The van der Waals surface area contributed by atoms with Crippen LogP contribution in [-0.2, 0) is 0 Å². The maximum atomic E-state index is 6.37. The minimum Gasteiger partial charge on any atom is -0.383 e. The molecule has 10 nitrogen and oxygen atoms in total. The molecule has 0 spiro atoms. The van der Waals surface area contributed by atoms with Crippen LogP contribution in [0.5, 0.6) is 0 Å². The lowest BCUT2D eigenvalue weighted by Crippen LogP contribution is -2.58. The summed E-state index contributed by atoms with van der Waals surface area (Å²) < 4.78 is 0. The van der Waals surface area contributed by atoms with Gasteiger partial charge in [-0.05, 0) is 23.8 Å². The third kappa shape index (κ3) is 4.34. The fourth-order valence-electron chi connectivity index (χ4n) is 3.16. The van der Waals surface area contributed by atoms with Crippen LogP contribution in [0.1, 0.15) is 5.56 Å². The van der Waals surface area contributed by atoms with Gasteiger partial charge in [0, 0.05) is 43.6 Å². The average molecular weight is 413 g/mol. The lowest BCUT2D eigenvalue weighted by molar-refractivity contribution is 0.245. The van der Waals surface area contributed by atoms with Gasteiger partial charge in [0.25, 0.3) is 5.95 Å². The fourth-order valence-corrected chi connectivity index (χ4v) is 3.29. The number of nitrogens with two attached hydrogens (primary N) is 2. The Morgan fingerprint density at radius 1 is 1.10 bits per heavy atom. The first kappa shape index (κ1) is 19.2. The van der Waals surface area contributed by atoms with E-state index in [0.29, 0.717) is 5.02 Å². The Morgan fingerprint density at radius 2 is 1.79 bits per heavy atom. The predicted molar refractivity (Wildman–Crippen MR) is 111 cm³/mol. The number of benzene rings is 1. The lowest BCUT2D eigenvalue weighted by atomic mass is 10.0. The molecule has 1 atom stereocenters. The monoisotopic (exact) mass is 412 g/mol. The molecule has 2 aliphatic heterocycles. The van der Waals surface area contributed by atoms with Gasteiger partial charge in [0.2, 0.25) is 0 Å². The van der Waals surface area contributed by atoms with E-state index in [1.54, 1.807) is 18.5 Å². The zero-order valence-electron chi connectivity index (χ0n) is 15.6. The van der Waals surface area contributed by atoms with Gasteiger partial charge in [0.15, 0.2) is 0 Å². The molecule has 1 fully saturated rings. The van der Waals surface area contributed by atoms with E-state index in [0.717, 1.165) is 43.1 Å². The molecule has 150 valence electrons. The van der Waals surface area contributed by atoms with Crippen molar-refractivity contribution < 1.29 is 0 Å². The summed E-state index contributed by atoms with van der Waals surface area (Å²) in [5, 5.41) is 15.3. The first-order chi connectivity index (χ1) is 14.0. The van der Waals surface area contributed by atoms with Gasteiger partial charge in [-0.15, -0.1) is 10.2 Å². The van der Waals surface area contributed by atoms with E-state index in [4.69, 9.17) is 23.1 Å². The number of azo groups is 1. The molecule has 11 heteroatoms. The molecule has 1 saturated heterocycles. The molecule has 1 aromatic heterocycles. The van der Waals surface area contributed by atoms with Crippen molar-refractivity contribution in [2.24, 2.45) is 26.7 Å². The second-order valence-corrected chi connectivity index (χ2v) is 7.00. The van der Waals surface area contributed by atoms with Gasteiger partial charge < -0.3 is 21.3 Å². The van der Waals surface area contributed by atoms with E-state index >= 15 is 0 Å². The summed E-state index contributed by atoms with van der Waals surface area (Å²) in [4.78, 5) is 14.6. The topological polar surface area (TPSA) is 142 Å². The number of halogens is 1. The highest BCUT2D eigenvalue weighted by atomic mass is 35.5. The van der Waals surface area contributed by atoms with Crippen molar-refractivity contribution in [3.05, 3.63) is 59.1 Å². The zero-order chi connectivity index (χ0) is 20.3. The summed E-state index contributed by atoms with van der Waals surface area (Å²) in [6, 6.07) is 9.10. The van der Waals surface area contributed by atoms with Crippen molar-refractivity contribution >= 4 is 29.0 Å². The maximum absolute atomic E-state index is 6.37. The first-order valence-electron chi connectivity index (χ1n) is 9.13. The van der Waals surface area contributed by atoms with E-state index in [9.17, 15) is 0 Å². The molecule has 0 amide bonds. The van der Waals surface area contributed by atoms with Crippen LogP contribution in [0.3, 0.4) is 0 Å². The number of nitrogens with zero attached hydrogens (tertiary/aromatic N) is 6. The first-order valence-corrected chi connectivity index (χ1v) is 9.50. The van der Waals surface area contributed by atoms with Crippen molar-refractivity contribution in [3.63, 3.8) is 0 Å². The normalized spacial score (nSPS) is 22.6. The van der Waals surface area contributed by atoms with Crippen LogP contribution < -0.4 is 22.1 Å². The number of aliphatic imine (C=N–C) groups is 1. The third-order valence-electron chi connectivity index (χ3n) is 4.50. The van der Waals surface area contributed by atoms with E-state index < -0.39 is 5.91 Å². The molecule has 1 aromatic carbocycles. The van der Waals surface area contributed by atoms with Crippen LogP contribution in [0, 0.1) is 0 Å².